The summed E-state index contributed by atoms with van der Waals surface area (Å²) in [6.45, 7) is 3.07. The van der Waals surface area contributed by atoms with E-state index in [0.29, 0.717) is 47.5 Å². The number of ether oxygens (including phenoxy) is 1. The highest BCUT2D eigenvalue weighted by molar-refractivity contribution is 5.93. The third-order valence-corrected chi connectivity index (χ3v) is 8.12. The van der Waals surface area contributed by atoms with Gasteiger partial charge in [-0.3, -0.25) is 14.7 Å². The lowest BCUT2D eigenvalue weighted by Crippen LogP contribution is -2.62. The first-order valence-electron chi connectivity index (χ1n) is 13.5. The van der Waals surface area contributed by atoms with E-state index in [1.54, 1.807) is 31.3 Å². The Hall–Kier alpha value is -4.50. The van der Waals surface area contributed by atoms with E-state index in [1.165, 1.54) is 22.8 Å². The quantitative estimate of drug-likeness (QED) is 0.321. The second-order valence-corrected chi connectivity index (χ2v) is 10.5. The number of pyridine rings is 3. The minimum atomic E-state index is -4.53. The minimum Gasteiger partial charge on any atom is -0.484 e. The monoisotopic (exact) mass is 578 g/mol. The van der Waals surface area contributed by atoms with E-state index in [4.69, 9.17) is 4.74 Å². The minimum absolute atomic E-state index is 0.135. The molecule has 1 aromatic carbocycles. The zero-order chi connectivity index (χ0) is 29.8. The van der Waals surface area contributed by atoms with Gasteiger partial charge in [0.25, 0.3) is 5.56 Å². The number of aromatic nitrogens is 3. The maximum atomic E-state index is 13.9. The summed E-state index contributed by atoms with van der Waals surface area (Å²) in [5.41, 5.74) is 1.72. The Kier molecular flexibility index (Phi) is 6.85. The van der Waals surface area contributed by atoms with Crippen molar-refractivity contribution in [2.24, 2.45) is 7.05 Å². The van der Waals surface area contributed by atoms with Gasteiger partial charge in [-0.15, -0.1) is 0 Å². The van der Waals surface area contributed by atoms with Crippen LogP contribution in [0.4, 0.5) is 23.2 Å². The molecule has 0 saturated carbocycles. The number of fused-ring (bicyclic) bond motifs is 5. The third kappa shape index (κ3) is 4.63. The van der Waals surface area contributed by atoms with Crippen LogP contribution >= 0.6 is 0 Å². The number of alkyl halides is 3. The molecule has 0 amide bonds. The molecular weight excluding hydrogens is 552 g/mol. The standard InChI is InChI=1S/C30H26F4N6O2/c1-3-21-14-40-22(16-42-28-27(40)25-24(38(2)29(28)41)11-9-20(12-35)37-25)15-39(21)26(17-4-7-19(31)8-5-17)23-10-6-18(13-36-23)30(32,33)34/h4-11,13,21-22,26H,3,14-16H2,1-2H3/t21-,22+,26+/m1/s1. The number of piperazine rings is 1. The van der Waals surface area contributed by atoms with Crippen molar-refractivity contribution in [1.29, 1.82) is 5.26 Å². The molecule has 2 aliphatic heterocycles. The van der Waals surface area contributed by atoms with Crippen LogP contribution in [0.3, 0.4) is 0 Å². The van der Waals surface area contributed by atoms with Crippen molar-refractivity contribution in [3.63, 3.8) is 0 Å². The average molecular weight is 579 g/mol. The van der Waals surface area contributed by atoms with Crippen molar-refractivity contribution in [2.45, 2.75) is 37.6 Å². The Balaban J connectivity index is 1.44. The molecule has 8 nitrogen and oxygen atoms in total. The Bertz CT molecular complexity index is 1750. The molecule has 3 atom stereocenters. The zero-order valence-corrected chi connectivity index (χ0v) is 22.8. The van der Waals surface area contributed by atoms with Crippen LogP contribution in [-0.4, -0.2) is 51.2 Å². The van der Waals surface area contributed by atoms with Crippen molar-refractivity contribution in [3.8, 4) is 11.8 Å². The maximum Gasteiger partial charge on any atom is 0.417 e. The number of nitriles is 1. The number of hydrogen-bond acceptors (Lipinski definition) is 7. The Morgan fingerprint density at radius 1 is 1.12 bits per heavy atom. The van der Waals surface area contributed by atoms with Crippen LogP contribution in [0.1, 0.15) is 41.9 Å². The summed E-state index contributed by atoms with van der Waals surface area (Å²) in [6, 6.07) is 12.6. The fourth-order valence-electron chi connectivity index (χ4n) is 5.99. The van der Waals surface area contributed by atoms with E-state index in [2.05, 4.69) is 25.8 Å². The molecule has 0 unspecified atom stereocenters. The van der Waals surface area contributed by atoms with Crippen molar-refractivity contribution in [1.82, 2.24) is 19.4 Å². The van der Waals surface area contributed by atoms with Crippen molar-refractivity contribution in [3.05, 3.63) is 93.4 Å². The molecule has 1 fully saturated rings. The molecule has 3 aromatic heterocycles. The maximum absolute atomic E-state index is 13.9. The summed E-state index contributed by atoms with van der Waals surface area (Å²) in [7, 11) is 1.63. The van der Waals surface area contributed by atoms with Gasteiger partial charge in [0, 0.05) is 32.4 Å². The van der Waals surface area contributed by atoms with E-state index < -0.39 is 23.6 Å². The number of rotatable bonds is 4. The summed E-state index contributed by atoms with van der Waals surface area (Å²) in [6.07, 6.45) is -3.04. The molecule has 216 valence electrons. The lowest BCUT2D eigenvalue weighted by molar-refractivity contribution is -0.137. The molecule has 0 bridgehead atoms. The highest BCUT2D eigenvalue weighted by Crippen LogP contribution is 2.42. The first-order chi connectivity index (χ1) is 20.1. The Morgan fingerprint density at radius 2 is 1.88 bits per heavy atom. The van der Waals surface area contributed by atoms with E-state index in [-0.39, 0.29) is 35.7 Å². The van der Waals surface area contributed by atoms with Gasteiger partial charge in [0.05, 0.1) is 28.9 Å². The highest BCUT2D eigenvalue weighted by Gasteiger charge is 2.43. The summed E-state index contributed by atoms with van der Waals surface area (Å²) >= 11 is 0. The number of halogens is 4. The van der Waals surface area contributed by atoms with Gasteiger partial charge in [-0.1, -0.05) is 19.1 Å². The van der Waals surface area contributed by atoms with E-state index >= 15 is 0 Å². The largest absolute Gasteiger partial charge is 0.484 e. The van der Waals surface area contributed by atoms with Gasteiger partial charge >= 0.3 is 6.18 Å². The molecule has 5 heterocycles. The predicted molar refractivity (Wildman–Crippen MR) is 147 cm³/mol. The van der Waals surface area contributed by atoms with E-state index in [9.17, 15) is 27.6 Å². The fourth-order valence-corrected chi connectivity index (χ4v) is 5.99. The SMILES string of the molecule is CC[C@@H]1CN2c3c(c(=O)n(C)c4ccc(C#N)nc34)OC[C@@H]2CN1[C@@H](c1ccc(F)cc1)c1ccc(C(F)(F)F)cn1. The average Bonchev–Trinajstić information content (AvgIpc) is 2.99. The third-order valence-electron chi connectivity index (χ3n) is 8.12. The van der Waals surface area contributed by atoms with Crippen LogP contribution in [0, 0.1) is 17.1 Å². The molecule has 0 spiro atoms. The van der Waals surface area contributed by atoms with E-state index in [1.807, 2.05) is 6.92 Å². The van der Waals surface area contributed by atoms with Crippen LogP contribution in [0.25, 0.3) is 11.0 Å². The molecule has 0 radical (unpaired) electrons. The molecule has 42 heavy (non-hydrogen) atoms. The van der Waals surface area contributed by atoms with Crippen LogP contribution in [0.2, 0.25) is 0 Å². The fraction of sp³-hybridized carbons (Fsp3) is 0.333. The molecular formula is C30H26F4N6O2. The zero-order valence-electron chi connectivity index (χ0n) is 22.8. The summed E-state index contributed by atoms with van der Waals surface area (Å²) in [5.74, 6) is -0.253. The van der Waals surface area contributed by atoms with Gasteiger partial charge in [0.2, 0.25) is 5.75 Å². The van der Waals surface area contributed by atoms with Gasteiger partial charge in [0.15, 0.2) is 0 Å². The second-order valence-electron chi connectivity index (χ2n) is 10.5. The Labute approximate surface area is 238 Å². The molecule has 0 aliphatic carbocycles. The van der Waals surface area contributed by atoms with Crippen LogP contribution in [-0.2, 0) is 13.2 Å². The summed E-state index contributed by atoms with van der Waals surface area (Å²) < 4.78 is 61.4. The molecule has 4 aromatic rings. The first-order valence-corrected chi connectivity index (χ1v) is 13.5. The Morgan fingerprint density at radius 3 is 2.52 bits per heavy atom. The number of nitrogens with zero attached hydrogens (tertiary/aromatic N) is 6. The summed E-state index contributed by atoms with van der Waals surface area (Å²) in [5, 5.41) is 9.50. The van der Waals surface area contributed by atoms with E-state index in [0.717, 1.165) is 12.3 Å². The molecule has 1 saturated heterocycles. The van der Waals surface area contributed by atoms with Gasteiger partial charge in [-0.2, -0.15) is 18.4 Å². The van der Waals surface area contributed by atoms with Crippen molar-refractivity contribution < 1.29 is 22.3 Å². The van der Waals surface area contributed by atoms with Crippen LogP contribution in [0.5, 0.6) is 5.75 Å². The smallest absolute Gasteiger partial charge is 0.417 e. The van der Waals surface area contributed by atoms with Gasteiger partial charge in [-0.05, 0) is 48.4 Å². The number of anilines is 1. The predicted octanol–water partition coefficient (Wildman–Crippen LogP) is 4.81. The number of hydrogen-bond donors (Lipinski definition) is 0. The van der Waals surface area contributed by atoms with Gasteiger partial charge < -0.3 is 14.2 Å². The normalized spacial score (nSPS) is 19.5. The molecule has 6 rings (SSSR count). The number of aryl methyl sites for hydroxylation is 1. The second kappa shape index (κ2) is 10.4. The number of benzene rings is 1. The van der Waals surface area contributed by atoms with Crippen LogP contribution in [0.15, 0.2) is 59.5 Å². The van der Waals surface area contributed by atoms with Gasteiger partial charge in [-0.25, -0.2) is 9.37 Å². The lowest BCUT2D eigenvalue weighted by atomic mass is 9.94. The molecule has 0 N–H and O–H groups in total. The highest BCUT2D eigenvalue weighted by atomic mass is 19.4. The van der Waals surface area contributed by atoms with Crippen LogP contribution < -0.4 is 15.2 Å². The topological polar surface area (TPSA) is 87.3 Å². The summed E-state index contributed by atoms with van der Waals surface area (Å²) in [4.78, 5) is 26.3. The van der Waals surface area contributed by atoms with Crippen molar-refractivity contribution in [2.75, 3.05) is 24.6 Å². The molecule has 12 heteroatoms. The van der Waals surface area contributed by atoms with Gasteiger partial charge in [0.1, 0.15) is 35.4 Å². The first kappa shape index (κ1) is 27.7. The molecule has 2 aliphatic rings. The lowest BCUT2D eigenvalue weighted by Gasteiger charge is -2.51. The van der Waals surface area contributed by atoms with Crippen molar-refractivity contribution >= 4 is 16.7 Å².